The van der Waals surface area contributed by atoms with Gasteiger partial charge in [-0.25, -0.2) is 22.0 Å². The van der Waals surface area contributed by atoms with Gasteiger partial charge in [-0.3, -0.25) is 0 Å². The average Bonchev–Trinajstić information content (AvgIpc) is 1.16. The molecule has 0 aromatic heterocycles. The SMILES string of the molecule is C1CCOC1.C1CCOC1.CCCCCC1CCC(c2ccc(-c3ccc(-c4ccc(OCC)c(F)c4F)cc3)c(F)c2)CC1.CCCCCC1CCC(c2ccc(I)c(F)c2)CC1.CCOc1ccc(-c2ccc(B(O)O)cc2)c(F)c1F.CCOc1ccc(-c2ccc(Br)cc2)c(F)c1F.[CH2-]CCC.[Li+]. The molecule has 12 rings (SSSR count). The van der Waals surface area contributed by atoms with E-state index in [1.807, 2.05) is 12.1 Å². The minimum Gasteiger partial charge on any atom is -0.491 e. The van der Waals surface area contributed by atoms with E-state index in [9.17, 15) is 30.7 Å². The van der Waals surface area contributed by atoms with E-state index in [1.165, 1.54) is 188 Å². The van der Waals surface area contributed by atoms with Crippen LogP contribution in [0.1, 0.15) is 206 Å². The van der Waals surface area contributed by atoms with Crippen LogP contribution >= 0.6 is 38.5 Å². The van der Waals surface area contributed by atoms with Crippen LogP contribution in [0.3, 0.4) is 0 Å². The van der Waals surface area contributed by atoms with Crippen molar-refractivity contribution in [1.82, 2.24) is 0 Å². The van der Waals surface area contributed by atoms with E-state index in [-0.39, 0.29) is 83.1 Å². The molecule has 8 aromatic rings. The predicted molar refractivity (Wildman–Crippen MR) is 429 cm³/mol. The van der Waals surface area contributed by atoms with Crippen LogP contribution in [0.4, 0.5) is 35.1 Å². The largest absolute Gasteiger partial charge is 1.00 e. The second-order valence-corrected chi connectivity index (χ2v) is 29.0. The molecule has 0 bridgehead atoms. The van der Waals surface area contributed by atoms with E-state index in [4.69, 9.17) is 33.7 Å². The van der Waals surface area contributed by atoms with Gasteiger partial charge in [-0.05, 0) is 250 Å². The molecule has 0 radical (unpaired) electrons. The molecule has 2 aliphatic carbocycles. The molecule has 0 spiro atoms. The quantitative estimate of drug-likeness (QED) is 0.0230. The molecule has 0 unspecified atom stereocenters. The molecule has 576 valence electrons. The van der Waals surface area contributed by atoms with E-state index in [1.54, 1.807) is 81.4 Å². The summed E-state index contributed by atoms with van der Waals surface area (Å²) in [6, 6.07) is 39.8. The average molecular weight is 1650 g/mol. The van der Waals surface area contributed by atoms with Crippen molar-refractivity contribution in [1.29, 1.82) is 0 Å². The van der Waals surface area contributed by atoms with Crippen LogP contribution in [0.2, 0.25) is 0 Å². The van der Waals surface area contributed by atoms with Gasteiger partial charge in [0.2, 0.25) is 17.5 Å². The van der Waals surface area contributed by atoms with Gasteiger partial charge in [0.25, 0.3) is 0 Å². The summed E-state index contributed by atoms with van der Waals surface area (Å²) < 4.78 is 140. The van der Waals surface area contributed by atoms with Crippen molar-refractivity contribution < 1.29 is 87.7 Å². The van der Waals surface area contributed by atoms with E-state index in [0.29, 0.717) is 46.3 Å². The molecular formula is C88H108BBrF8ILiO7. The molecular weight excluding hydrogens is 1550 g/mol. The molecule has 2 aliphatic heterocycles. The van der Waals surface area contributed by atoms with Crippen LogP contribution < -0.4 is 38.5 Å². The molecule has 2 saturated carbocycles. The Labute approximate surface area is 666 Å². The van der Waals surface area contributed by atoms with Crippen molar-refractivity contribution in [2.24, 2.45) is 11.8 Å². The molecule has 2 N–H and O–H groups in total. The number of unbranched alkanes of at least 4 members (excludes halogenated alkanes) is 5. The molecule has 0 atom stereocenters. The van der Waals surface area contributed by atoms with Crippen LogP contribution in [0.15, 0.2) is 150 Å². The summed E-state index contributed by atoms with van der Waals surface area (Å²) in [5, 5.41) is 18.0. The van der Waals surface area contributed by atoms with Gasteiger partial charge in [-0.15, -0.1) is 0 Å². The van der Waals surface area contributed by atoms with Crippen molar-refractivity contribution >= 4 is 51.1 Å². The third-order valence-electron chi connectivity index (χ3n) is 19.2. The maximum atomic E-state index is 15.1. The van der Waals surface area contributed by atoms with Gasteiger partial charge in [-0.1, -0.05) is 173 Å². The zero-order valence-corrected chi connectivity index (χ0v) is 67.4. The summed E-state index contributed by atoms with van der Waals surface area (Å²) in [7, 11) is -1.59. The van der Waals surface area contributed by atoms with Crippen LogP contribution in [0.25, 0.3) is 44.5 Å². The Morgan fingerprint density at radius 2 is 0.748 bits per heavy atom. The molecule has 107 heavy (non-hydrogen) atoms. The molecule has 19 heteroatoms. The zero-order valence-electron chi connectivity index (χ0n) is 63.7. The standard InChI is InChI=1S/C31H35F3O.C17H24FI.C14H13BF2O3.C14H11BrF2O.2C4H8O.C4H9.Li/c1-3-5-6-7-21-8-10-22(11-9-21)25-16-17-26(28(32)20-25)23-12-14-24(15-13-23)27-18-19-29(35-4-2)31(34)30(27)33;1-2-3-4-5-13-6-8-14(9-7-13)15-10-11-17(19)16(18)12-15;1-2-20-12-8-7-11(13(16)14(12)17)9-3-5-10(6-4-9)15(18)19;1-2-18-12-8-7-11(13(16)14(12)17)9-3-5-10(15)6-4-9;2*1-2-4-5-3-1;1-3-4-2;/h12-22H,3-11H2,1-2H3;10-14H,2-9H2,1H3;3-8,18-19H,2H2,1H3;3-8H,2H2,1H3;2*1-4H2;1,3-4H2,2H3;/q;;;;;;-1;+1. The van der Waals surface area contributed by atoms with Gasteiger partial charge in [0, 0.05) is 56.7 Å². The van der Waals surface area contributed by atoms with Crippen LogP contribution in [0.5, 0.6) is 17.2 Å². The normalized spacial score (nSPS) is 16.3. The third kappa shape index (κ3) is 30.2. The number of ether oxygens (including phenoxy) is 5. The molecule has 8 aromatic carbocycles. The summed E-state index contributed by atoms with van der Waals surface area (Å²) in [4.78, 5) is 0. The Bertz CT molecular complexity index is 3790. The van der Waals surface area contributed by atoms with Crippen LogP contribution in [-0.4, -0.2) is 63.4 Å². The summed E-state index contributed by atoms with van der Waals surface area (Å²) in [5.74, 6) is -3.60. The Kier molecular flexibility index (Phi) is 43.8. The number of benzene rings is 8. The van der Waals surface area contributed by atoms with Gasteiger partial charge < -0.3 is 40.7 Å². The minimum atomic E-state index is -1.59. The topological polar surface area (TPSA) is 86.6 Å². The molecule has 4 fully saturated rings. The molecule has 4 aliphatic rings. The summed E-state index contributed by atoms with van der Waals surface area (Å²) in [6.07, 6.45) is 28.0. The van der Waals surface area contributed by atoms with Crippen LogP contribution in [-0.2, 0) is 9.47 Å². The first-order valence-corrected chi connectivity index (χ1v) is 40.0. The number of hydrogen-bond acceptors (Lipinski definition) is 7. The van der Waals surface area contributed by atoms with Crippen molar-refractivity contribution in [3.8, 4) is 61.8 Å². The van der Waals surface area contributed by atoms with Gasteiger partial charge in [0.05, 0.1) is 19.8 Å². The Morgan fingerprint density at radius 3 is 1.06 bits per heavy atom. The Balaban J connectivity index is 0.000000247. The summed E-state index contributed by atoms with van der Waals surface area (Å²) in [5.41, 5.74) is 5.86. The fourth-order valence-corrected chi connectivity index (χ4v) is 13.7. The molecule has 0 amide bonds. The van der Waals surface area contributed by atoms with E-state index in [0.717, 1.165) is 71.1 Å². The van der Waals surface area contributed by atoms with Crippen molar-refractivity contribution in [2.45, 2.75) is 195 Å². The maximum Gasteiger partial charge on any atom is 1.00 e. The van der Waals surface area contributed by atoms with Crippen molar-refractivity contribution in [3.63, 3.8) is 0 Å². The van der Waals surface area contributed by atoms with Gasteiger partial charge in [0.15, 0.2) is 34.7 Å². The Hall–Kier alpha value is -5.69. The Morgan fingerprint density at radius 1 is 0.421 bits per heavy atom. The number of hydrogen-bond donors (Lipinski definition) is 2. The monoisotopic (exact) mass is 1650 g/mol. The second kappa shape index (κ2) is 51.0. The van der Waals surface area contributed by atoms with E-state index < -0.39 is 42.0 Å². The van der Waals surface area contributed by atoms with Crippen molar-refractivity contribution in [3.05, 3.63) is 218 Å². The first-order chi connectivity index (χ1) is 51.3. The van der Waals surface area contributed by atoms with E-state index in [2.05, 4.69) is 78.3 Å². The van der Waals surface area contributed by atoms with Gasteiger partial charge in [0.1, 0.15) is 11.6 Å². The first kappa shape index (κ1) is 91.9. The molecule has 2 heterocycles. The zero-order chi connectivity index (χ0) is 76.8. The van der Waals surface area contributed by atoms with Crippen molar-refractivity contribution in [2.75, 3.05) is 46.2 Å². The molecule has 7 nitrogen and oxygen atoms in total. The fraction of sp³-hybridized carbons (Fsp3) is 0.443. The third-order valence-corrected chi connectivity index (χ3v) is 20.6. The fourth-order valence-electron chi connectivity index (χ4n) is 13.1. The number of halogens is 10. The minimum absolute atomic E-state index is 0. The summed E-state index contributed by atoms with van der Waals surface area (Å²) >= 11 is 5.35. The van der Waals surface area contributed by atoms with Gasteiger partial charge >= 0.3 is 26.0 Å². The van der Waals surface area contributed by atoms with E-state index >= 15 is 4.39 Å². The summed E-state index contributed by atoms with van der Waals surface area (Å²) in [6.45, 7) is 20.2. The maximum absolute atomic E-state index is 15.1. The first-order valence-electron chi connectivity index (χ1n) is 38.2. The smallest absolute Gasteiger partial charge is 0.491 e. The number of rotatable bonds is 22. The molecule has 2 saturated heterocycles. The van der Waals surface area contributed by atoms with Gasteiger partial charge in [-0.2, -0.15) is 19.6 Å². The second-order valence-electron chi connectivity index (χ2n) is 26.9. The van der Waals surface area contributed by atoms with Crippen LogP contribution in [0, 0.1) is 68.9 Å². The predicted octanol–water partition coefficient (Wildman–Crippen LogP) is 22.7.